The number of aromatic hydroxyl groups is 1. The predicted octanol–water partition coefficient (Wildman–Crippen LogP) is 4.10. The smallest absolute Gasteiger partial charge is 0.335 e. The molecule has 0 saturated carbocycles. The van der Waals surface area contributed by atoms with Crippen LogP contribution in [0.25, 0.3) is 16.8 Å². The Morgan fingerprint density at radius 1 is 1.00 bits per heavy atom. The van der Waals surface area contributed by atoms with Crippen LogP contribution in [0.1, 0.15) is 32.0 Å². The zero-order valence-electron chi connectivity index (χ0n) is 18.4. The molecular weight excluding hydrogens is 436 g/mol. The van der Waals surface area contributed by atoms with Gasteiger partial charge in [0.25, 0.3) is 5.56 Å². The molecule has 0 aliphatic heterocycles. The number of para-hydroxylation sites is 1. The second kappa shape index (κ2) is 8.99. The van der Waals surface area contributed by atoms with Gasteiger partial charge in [0.05, 0.1) is 16.9 Å². The number of carbonyl (C=O) groups excluding carboxylic acids is 1. The standard InChI is InChI=1S/C25H22N4O5/c1-14-9-10-18(11-15(14)2)29-24(32)22(21(13-30)28-29)27-26-20-8-4-7-19(23(20)31)16-5-3-6-17(12-16)25(33)34/h3-13,26-28,31H,1-2H3,(H,33,34). The van der Waals surface area contributed by atoms with E-state index in [-0.39, 0.29) is 28.4 Å². The summed E-state index contributed by atoms with van der Waals surface area (Å²) in [5.74, 6) is -1.23. The van der Waals surface area contributed by atoms with Gasteiger partial charge in [-0.2, -0.15) is 0 Å². The fraction of sp³-hybridized carbons (Fsp3) is 0.0800. The number of benzene rings is 3. The fourth-order valence-corrected chi connectivity index (χ4v) is 3.53. The number of aldehydes is 1. The molecule has 1 aromatic heterocycles. The molecule has 9 heteroatoms. The number of hydrogen-bond acceptors (Lipinski definition) is 6. The van der Waals surface area contributed by atoms with E-state index in [0.717, 1.165) is 11.1 Å². The van der Waals surface area contributed by atoms with Gasteiger partial charge >= 0.3 is 5.97 Å². The van der Waals surface area contributed by atoms with Gasteiger partial charge < -0.3 is 10.2 Å². The lowest BCUT2D eigenvalue weighted by Crippen LogP contribution is -2.20. The van der Waals surface area contributed by atoms with Crippen LogP contribution in [0.3, 0.4) is 0 Å². The number of phenols is 1. The second-order valence-corrected chi connectivity index (χ2v) is 7.77. The summed E-state index contributed by atoms with van der Waals surface area (Å²) in [6.45, 7) is 3.89. The Morgan fingerprint density at radius 2 is 1.76 bits per heavy atom. The summed E-state index contributed by atoms with van der Waals surface area (Å²) in [5, 5.41) is 22.8. The summed E-state index contributed by atoms with van der Waals surface area (Å²) in [6.07, 6.45) is 0.524. The molecular formula is C25H22N4O5. The van der Waals surface area contributed by atoms with Crippen LogP contribution in [0.2, 0.25) is 0 Å². The number of H-pyrrole nitrogens is 1. The van der Waals surface area contributed by atoms with Crippen LogP contribution >= 0.6 is 0 Å². The highest BCUT2D eigenvalue weighted by Crippen LogP contribution is 2.35. The van der Waals surface area contributed by atoms with Gasteiger partial charge in [-0.3, -0.25) is 25.5 Å². The molecule has 0 fully saturated rings. The first kappa shape index (κ1) is 22.4. The number of nitrogens with one attached hydrogen (secondary N) is 3. The van der Waals surface area contributed by atoms with Crippen molar-refractivity contribution in [1.29, 1.82) is 0 Å². The van der Waals surface area contributed by atoms with Gasteiger partial charge in [0.1, 0.15) is 11.4 Å². The van der Waals surface area contributed by atoms with Gasteiger partial charge in [0.15, 0.2) is 12.0 Å². The van der Waals surface area contributed by atoms with Crippen LogP contribution in [-0.2, 0) is 0 Å². The molecule has 0 radical (unpaired) electrons. The number of nitrogens with zero attached hydrogens (tertiary/aromatic N) is 1. The number of anilines is 2. The Balaban J connectivity index is 1.65. The number of phenolic OH excluding ortho intramolecular Hbond substituents is 1. The molecule has 0 unspecified atom stereocenters. The topological polar surface area (TPSA) is 136 Å². The number of hydrogen-bond donors (Lipinski definition) is 5. The Bertz CT molecular complexity index is 1470. The molecule has 0 saturated heterocycles. The SMILES string of the molecule is Cc1ccc(-n2[nH]c(C=O)c(NNc3cccc(-c4cccc(C(=O)O)c4)c3O)c2=O)cc1C. The van der Waals surface area contributed by atoms with Crippen molar-refractivity contribution in [2.24, 2.45) is 0 Å². The zero-order valence-corrected chi connectivity index (χ0v) is 18.4. The van der Waals surface area contributed by atoms with Crippen LogP contribution in [0.4, 0.5) is 11.4 Å². The van der Waals surface area contributed by atoms with Crippen LogP contribution < -0.4 is 16.4 Å². The minimum absolute atomic E-state index is 0.0223. The van der Waals surface area contributed by atoms with E-state index in [1.165, 1.54) is 16.8 Å². The maximum atomic E-state index is 13.0. The summed E-state index contributed by atoms with van der Waals surface area (Å²) >= 11 is 0. The number of carboxylic acids is 1. The lowest BCUT2D eigenvalue weighted by atomic mass is 10.0. The zero-order chi connectivity index (χ0) is 24.4. The van der Waals surface area contributed by atoms with E-state index in [4.69, 9.17) is 0 Å². The average Bonchev–Trinajstić information content (AvgIpc) is 3.15. The van der Waals surface area contributed by atoms with Gasteiger partial charge in [0, 0.05) is 5.56 Å². The largest absolute Gasteiger partial charge is 0.505 e. The highest BCUT2D eigenvalue weighted by atomic mass is 16.4. The van der Waals surface area contributed by atoms with Crippen molar-refractivity contribution in [3.63, 3.8) is 0 Å². The average molecular weight is 458 g/mol. The Morgan fingerprint density at radius 3 is 2.47 bits per heavy atom. The van der Waals surface area contributed by atoms with Crippen LogP contribution in [-0.4, -0.2) is 32.2 Å². The van der Waals surface area contributed by atoms with E-state index in [9.17, 15) is 24.6 Å². The Hall–Kier alpha value is -4.79. The predicted molar refractivity (Wildman–Crippen MR) is 129 cm³/mol. The third-order valence-electron chi connectivity index (χ3n) is 5.56. The molecule has 172 valence electrons. The number of aromatic carboxylic acids is 1. The number of rotatable bonds is 7. The minimum atomic E-state index is -1.08. The van der Waals surface area contributed by atoms with Crippen LogP contribution in [0, 0.1) is 13.8 Å². The van der Waals surface area contributed by atoms with Crippen molar-refractivity contribution in [1.82, 2.24) is 9.78 Å². The summed E-state index contributed by atoms with van der Waals surface area (Å²) in [4.78, 5) is 35.9. The van der Waals surface area contributed by atoms with Crippen molar-refractivity contribution in [3.05, 3.63) is 93.4 Å². The van der Waals surface area contributed by atoms with E-state index < -0.39 is 11.5 Å². The molecule has 0 amide bonds. The first-order valence-corrected chi connectivity index (χ1v) is 10.4. The number of aromatic nitrogens is 2. The van der Waals surface area contributed by atoms with Crippen molar-refractivity contribution in [2.45, 2.75) is 13.8 Å². The van der Waals surface area contributed by atoms with Crippen molar-refractivity contribution >= 4 is 23.6 Å². The number of carboxylic acid groups (broad SMARTS) is 1. The molecule has 5 N–H and O–H groups in total. The van der Waals surface area contributed by atoms with Gasteiger partial charge in [-0.05, 0) is 60.9 Å². The molecule has 0 aliphatic carbocycles. The molecule has 9 nitrogen and oxygen atoms in total. The van der Waals surface area contributed by atoms with Crippen molar-refractivity contribution in [3.8, 4) is 22.6 Å². The number of carbonyl (C=O) groups is 2. The third-order valence-corrected chi connectivity index (χ3v) is 5.56. The monoisotopic (exact) mass is 458 g/mol. The first-order valence-electron chi connectivity index (χ1n) is 10.4. The summed E-state index contributed by atoms with van der Waals surface area (Å²) < 4.78 is 1.26. The summed E-state index contributed by atoms with van der Waals surface area (Å²) in [7, 11) is 0. The van der Waals surface area contributed by atoms with Crippen molar-refractivity contribution in [2.75, 3.05) is 10.9 Å². The normalized spacial score (nSPS) is 10.6. The third kappa shape index (κ3) is 4.14. The van der Waals surface area contributed by atoms with Gasteiger partial charge in [-0.1, -0.05) is 30.3 Å². The van der Waals surface area contributed by atoms with Crippen LogP contribution in [0.5, 0.6) is 5.75 Å². The molecule has 4 aromatic rings. The first-order chi connectivity index (χ1) is 16.3. The van der Waals surface area contributed by atoms with Crippen LogP contribution in [0.15, 0.2) is 65.5 Å². The minimum Gasteiger partial charge on any atom is -0.505 e. The van der Waals surface area contributed by atoms with Gasteiger partial charge in [-0.15, -0.1) is 0 Å². The number of aromatic amines is 1. The number of hydrazine groups is 1. The summed E-state index contributed by atoms with van der Waals surface area (Å²) in [6, 6.07) is 16.5. The molecule has 0 aliphatic rings. The molecule has 3 aromatic carbocycles. The van der Waals surface area contributed by atoms with Gasteiger partial charge in [0.2, 0.25) is 0 Å². The lowest BCUT2D eigenvalue weighted by molar-refractivity contribution is 0.0696. The molecule has 0 atom stereocenters. The molecule has 4 rings (SSSR count). The maximum absolute atomic E-state index is 13.0. The van der Waals surface area contributed by atoms with Crippen molar-refractivity contribution < 1.29 is 19.8 Å². The molecule has 0 spiro atoms. The number of aryl methyl sites for hydroxylation is 2. The Labute approximate surface area is 194 Å². The van der Waals surface area contributed by atoms with E-state index in [0.29, 0.717) is 23.1 Å². The van der Waals surface area contributed by atoms with E-state index in [2.05, 4.69) is 16.0 Å². The molecule has 1 heterocycles. The molecule has 0 bridgehead atoms. The van der Waals surface area contributed by atoms with E-state index >= 15 is 0 Å². The maximum Gasteiger partial charge on any atom is 0.335 e. The molecule has 34 heavy (non-hydrogen) atoms. The quantitative estimate of drug-likeness (QED) is 0.160. The highest BCUT2D eigenvalue weighted by molar-refractivity contribution is 5.90. The summed E-state index contributed by atoms with van der Waals surface area (Å²) in [5.41, 5.74) is 8.87. The van der Waals surface area contributed by atoms with Gasteiger partial charge in [-0.25, -0.2) is 9.48 Å². The fourth-order valence-electron chi connectivity index (χ4n) is 3.53. The lowest BCUT2D eigenvalue weighted by Gasteiger charge is -2.13. The van der Waals surface area contributed by atoms with E-state index in [1.54, 1.807) is 36.4 Å². The van der Waals surface area contributed by atoms with E-state index in [1.807, 2.05) is 26.0 Å². The highest BCUT2D eigenvalue weighted by Gasteiger charge is 2.17. The Kier molecular flexibility index (Phi) is 5.92. The second-order valence-electron chi connectivity index (χ2n) is 7.77.